The number of rotatable bonds is 7. The molecule has 1 amide bonds. The number of halogens is 1. The topological polar surface area (TPSA) is 75.3 Å². The fourth-order valence-electron chi connectivity index (χ4n) is 2.25. The molecule has 0 saturated heterocycles. The third kappa shape index (κ3) is 4.77. The third-order valence-corrected chi connectivity index (χ3v) is 5.17. The number of nitrogens with one attached hydrogen (secondary N) is 2. The molecule has 26 heavy (non-hydrogen) atoms. The molecule has 138 valence electrons. The highest BCUT2D eigenvalue weighted by Gasteiger charge is 2.20. The number of benzene rings is 2. The van der Waals surface area contributed by atoms with Crippen LogP contribution in [0.25, 0.3) is 0 Å². The SMILES string of the molecule is C=CCNS(=O)(=O)c1cc(C(=O)Nc2ccc(C(C)C)cc2)ccc1F. The van der Waals surface area contributed by atoms with Crippen molar-refractivity contribution in [3.8, 4) is 0 Å². The largest absolute Gasteiger partial charge is 0.322 e. The number of hydrogen-bond donors (Lipinski definition) is 2. The molecule has 0 heterocycles. The minimum absolute atomic E-state index is 0.0401. The van der Waals surface area contributed by atoms with E-state index in [1.807, 2.05) is 12.1 Å². The van der Waals surface area contributed by atoms with Gasteiger partial charge in [0, 0.05) is 17.8 Å². The molecule has 0 aliphatic heterocycles. The van der Waals surface area contributed by atoms with Crippen molar-refractivity contribution < 1.29 is 17.6 Å². The van der Waals surface area contributed by atoms with E-state index < -0.39 is 26.6 Å². The highest BCUT2D eigenvalue weighted by Crippen LogP contribution is 2.20. The lowest BCUT2D eigenvalue weighted by atomic mass is 10.0. The van der Waals surface area contributed by atoms with Gasteiger partial charge < -0.3 is 5.32 Å². The maximum Gasteiger partial charge on any atom is 0.255 e. The molecule has 5 nitrogen and oxygen atoms in total. The van der Waals surface area contributed by atoms with Gasteiger partial charge in [-0.3, -0.25) is 4.79 Å². The van der Waals surface area contributed by atoms with Crippen molar-refractivity contribution in [2.75, 3.05) is 11.9 Å². The van der Waals surface area contributed by atoms with E-state index in [0.717, 1.165) is 17.7 Å². The molecule has 0 aliphatic rings. The van der Waals surface area contributed by atoms with Gasteiger partial charge in [-0.25, -0.2) is 17.5 Å². The van der Waals surface area contributed by atoms with E-state index in [9.17, 15) is 17.6 Å². The van der Waals surface area contributed by atoms with Gasteiger partial charge in [0.1, 0.15) is 10.7 Å². The second kappa shape index (κ2) is 8.25. The number of hydrogen-bond acceptors (Lipinski definition) is 3. The highest BCUT2D eigenvalue weighted by atomic mass is 32.2. The van der Waals surface area contributed by atoms with E-state index in [2.05, 4.69) is 30.5 Å². The Morgan fingerprint density at radius 2 is 1.85 bits per heavy atom. The Morgan fingerprint density at radius 3 is 2.42 bits per heavy atom. The van der Waals surface area contributed by atoms with E-state index in [4.69, 9.17) is 0 Å². The van der Waals surface area contributed by atoms with E-state index in [1.165, 1.54) is 12.1 Å². The van der Waals surface area contributed by atoms with Crippen molar-refractivity contribution in [2.45, 2.75) is 24.7 Å². The Balaban J connectivity index is 2.24. The highest BCUT2D eigenvalue weighted by molar-refractivity contribution is 7.89. The van der Waals surface area contributed by atoms with Crippen LogP contribution in [-0.4, -0.2) is 20.9 Å². The standard InChI is InChI=1S/C19H21FN2O3S/c1-4-11-21-26(24,25)18-12-15(7-10-17(18)20)19(23)22-16-8-5-14(6-9-16)13(2)3/h4-10,12-13,21H,1,11H2,2-3H3,(H,22,23). The van der Waals surface area contributed by atoms with Crippen molar-refractivity contribution in [1.29, 1.82) is 0 Å². The number of anilines is 1. The summed E-state index contributed by atoms with van der Waals surface area (Å²) in [7, 11) is -4.07. The number of amides is 1. The van der Waals surface area contributed by atoms with Crippen LogP contribution in [0.5, 0.6) is 0 Å². The van der Waals surface area contributed by atoms with E-state index >= 15 is 0 Å². The van der Waals surface area contributed by atoms with Gasteiger partial charge in [-0.05, 0) is 41.8 Å². The Labute approximate surface area is 153 Å². The summed E-state index contributed by atoms with van der Waals surface area (Å²) in [6.45, 7) is 7.49. The Hall–Kier alpha value is -2.51. The van der Waals surface area contributed by atoms with Crippen molar-refractivity contribution in [3.05, 3.63) is 72.1 Å². The van der Waals surface area contributed by atoms with Gasteiger partial charge in [-0.1, -0.05) is 32.1 Å². The Morgan fingerprint density at radius 1 is 1.19 bits per heavy atom. The minimum atomic E-state index is -4.07. The second-order valence-corrected chi connectivity index (χ2v) is 7.75. The lowest BCUT2D eigenvalue weighted by molar-refractivity contribution is 0.102. The van der Waals surface area contributed by atoms with Crippen LogP contribution in [0.3, 0.4) is 0 Å². The van der Waals surface area contributed by atoms with E-state index in [0.29, 0.717) is 11.6 Å². The lowest BCUT2D eigenvalue weighted by Gasteiger charge is -2.10. The fourth-order valence-corrected chi connectivity index (χ4v) is 3.35. The van der Waals surface area contributed by atoms with Crippen LogP contribution in [0.4, 0.5) is 10.1 Å². The molecule has 0 atom stereocenters. The first-order chi connectivity index (χ1) is 12.2. The number of carbonyl (C=O) groups excluding carboxylic acids is 1. The van der Waals surface area contributed by atoms with Gasteiger partial charge in [0.2, 0.25) is 10.0 Å². The van der Waals surface area contributed by atoms with Crippen molar-refractivity contribution in [2.24, 2.45) is 0 Å². The zero-order valence-corrected chi connectivity index (χ0v) is 15.4. The second-order valence-electron chi connectivity index (χ2n) is 6.02. The van der Waals surface area contributed by atoms with Crippen molar-refractivity contribution in [3.63, 3.8) is 0 Å². The summed E-state index contributed by atoms with van der Waals surface area (Å²) in [4.78, 5) is 11.8. The predicted octanol–water partition coefficient (Wildman–Crippen LogP) is 3.67. The van der Waals surface area contributed by atoms with Crippen LogP contribution in [0.15, 0.2) is 60.0 Å². The quantitative estimate of drug-likeness (QED) is 0.724. The number of carbonyl (C=O) groups is 1. The van der Waals surface area contributed by atoms with E-state index in [-0.39, 0.29) is 12.1 Å². The van der Waals surface area contributed by atoms with Gasteiger partial charge in [0.05, 0.1) is 0 Å². The van der Waals surface area contributed by atoms with Crippen LogP contribution in [-0.2, 0) is 10.0 Å². The van der Waals surface area contributed by atoms with Crippen LogP contribution in [0.1, 0.15) is 35.7 Å². The van der Waals surface area contributed by atoms with Gasteiger partial charge >= 0.3 is 0 Å². The molecule has 0 bridgehead atoms. The molecule has 7 heteroatoms. The fraction of sp³-hybridized carbons (Fsp3) is 0.211. The molecule has 0 aromatic heterocycles. The molecule has 0 spiro atoms. The average Bonchev–Trinajstić information content (AvgIpc) is 2.60. The molecular weight excluding hydrogens is 355 g/mol. The molecule has 2 N–H and O–H groups in total. The van der Waals surface area contributed by atoms with Crippen LogP contribution >= 0.6 is 0 Å². The lowest BCUT2D eigenvalue weighted by Crippen LogP contribution is -2.25. The summed E-state index contributed by atoms with van der Waals surface area (Å²) in [5.41, 5.74) is 1.74. The third-order valence-electron chi connectivity index (χ3n) is 3.74. The summed E-state index contributed by atoms with van der Waals surface area (Å²) in [5.74, 6) is -1.09. The maximum absolute atomic E-state index is 13.9. The van der Waals surface area contributed by atoms with Gasteiger partial charge in [-0.15, -0.1) is 6.58 Å². The van der Waals surface area contributed by atoms with Crippen LogP contribution < -0.4 is 10.0 Å². The summed E-state index contributed by atoms with van der Waals surface area (Å²) < 4.78 is 40.3. The van der Waals surface area contributed by atoms with Crippen LogP contribution in [0, 0.1) is 5.82 Å². The molecule has 2 rings (SSSR count). The average molecular weight is 376 g/mol. The molecular formula is C19H21FN2O3S. The molecule has 0 saturated carbocycles. The molecule has 2 aromatic rings. The normalized spacial score (nSPS) is 11.4. The van der Waals surface area contributed by atoms with Crippen molar-refractivity contribution >= 4 is 21.6 Å². The molecule has 0 fully saturated rings. The van der Waals surface area contributed by atoms with Gasteiger partial charge in [0.25, 0.3) is 5.91 Å². The van der Waals surface area contributed by atoms with Crippen molar-refractivity contribution in [1.82, 2.24) is 4.72 Å². The monoisotopic (exact) mass is 376 g/mol. The summed E-state index contributed by atoms with van der Waals surface area (Å²) >= 11 is 0. The maximum atomic E-state index is 13.9. The first-order valence-electron chi connectivity index (χ1n) is 8.06. The predicted molar refractivity (Wildman–Crippen MR) is 100 cm³/mol. The summed E-state index contributed by atoms with van der Waals surface area (Å²) in [5, 5.41) is 2.67. The minimum Gasteiger partial charge on any atom is -0.322 e. The van der Waals surface area contributed by atoms with E-state index in [1.54, 1.807) is 12.1 Å². The summed E-state index contributed by atoms with van der Waals surface area (Å²) in [6.07, 6.45) is 1.34. The zero-order chi connectivity index (χ0) is 19.3. The summed E-state index contributed by atoms with van der Waals surface area (Å²) in [6, 6.07) is 10.5. The smallest absolute Gasteiger partial charge is 0.255 e. The molecule has 0 aliphatic carbocycles. The zero-order valence-electron chi connectivity index (χ0n) is 14.6. The van der Waals surface area contributed by atoms with Gasteiger partial charge in [0.15, 0.2) is 0 Å². The Bertz CT molecular complexity index is 907. The molecule has 0 radical (unpaired) electrons. The first-order valence-corrected chi connectivity index (χ1v) is 9.54. The Kier molecular flexibility index (Phi) is 6.28. The number of sulfonamides is 1. The first kappa shape index (κ1) is 19.8. The molecule has 2 aromatic carbocycles. The van der Waals surface area contributed by atoms with Crippen LogP contribution in [0.2, 0.25) is 0 Å². The van der Waals surface area contributed by atoms with Gasteiger partial charge in [-0.2, -0.15) is 0 Å². The molecule has 0 unspecified atom stereocenters.